The highest BCUT2D eigenvalue weighted by atomic mass is 35.5. The fraction of sp³-hybridized carbons (Fsp3) is 0.188. The van der Waals surface area contributed by atoms with Gasteiger partial charge in [0.2, 0.25) is 0 Å². The summed E-state index contributed by atoms with van der Waals surface area (Å²) in [4.78, 5) is 8.25. The topological polar surface area (TPSA) is 61.6 Å². The third kappa shape index (κ3) is 2.66. The minimum Gasteiger partial charge on any atom is -0.362 e. The van der Waals surface area contributed by atoms with Gasteiger partial charge in [0.25, 0.3) is 0 Å². The molecule has 0 aliphatic heterocycles. The monoisotopic (exact) mass is 314 g/mol. The van der Waals surface area contributed by atoms with Crippen LogP contribution in [0.4, 0.5) is 10.2 Å². The predicted molar refractivity (Wildman–Crippen MR) is 82.9 cm³/mol. The van der Waals surface area contributed by atoms with Crippen molar-refractivity contribution in [3.63, 3.8) is 0 Å². The van der Waals surface area contributed by atoms with Crippen molar-refractivity contribution in [2.24, 2.45) is 5.92 Å². The Labute approximate surface area is 131 Å². The summed E-state index contributed by atoms with van der Waals surface area (Å²) in [6.07, 6.45) is 5.82. The van der Waals surface area contributed by atoms with E-state index < -0.39 is 5.82 Å². The van der Waals surface area contributed by atoms with E-state index in [4.69, 9.17) is 16.9 Å². The first kappa shape index (κ1) is 14.5. The lowest BCUT2D eigenvalue weighted by Gasteiger charge is -2.23. The molecule has 0 spiro atoms. The number of anilines is 1. The highest BCUT2D eigenvalue weighted by Crippen LogP contribution is 2.22. The lowest BCUT2D eigenvalue weighted by molar-refractivity contribution is 0.621. The molecule has 3 rings (SSSR count). The molecule has 2 heterocycles. The largest absolute Gasteiger partial charge is 0.362 e. The molecule has 22 heavy (non-hydrogen) atoms. The van der Waals surface area contributed by atoms with E-state index in [1.165, 1.54) is 0 Å². The van der Waals surface area contributed by atoms with E-state index in [1.54, 1.807) is 6.20 Å². The molecule has 1 aliphatic carbocycles. The zero-order valence-corrected chi connectivity index (χ0v) is 12.5. The Balaban J connectivity index is 2.00. The Hall–Kier alpha value is -2.45. The van der Waals surface area contributed by atoms with Crippen LogP contribution < -0.4 is 15.9 Å². The molecule has 0 aromatic carbocycles. The van der Waals surface area contributed by atoms with Gasteiger partial charge in [-0.25, -0.2) is 9.37 Å². The normalized spacial score (nSPS) is 19.4. The molecule has 110 valence electrons. The van der Waals surface area contributed by atoms with Crippen molar-refractivity contribution in [1.29, 1.82) is 5.26 Å². The van der Waals surface area contributed by atoms with Crippen LogP contribution in [0.1, 0.15) is 12.5 Å². The van der Waals surface area contributed by atoms with Crippen LogP contribution in [0, 0.1) is 23.1 Å². The van der Waals surface area contributed by atoms with Crippen LogP contribution in [0.25, 0.3) is 12.2 Å². The van der Waals surface area contributed by atoms with Crippen molar-refractivity contribution in [2.45, 2.75) is 13.0 Å². The Morgan fingerprint density at radius 3 is 3.00 bits per heavy atom. The first-order valence-corrected chi connectivity index (χ1v) is 7.13. The number of rotatable bonds is 2. The lowest BCUT2D eigenvalue weighted by Crippen LogP contribution is -2.39. The van der Waals surface area contributed by atoms with Gasteiger partial charge in [0, 0.05) is 12.1 Å². The molecule has 2 aromatic rings. The van der Waals surface area contributed by atoms with Gasteiger partial charge < -0.3 is 5.32 Å². The van der Waals surface area contributed by atoms with Crippen molar-refractivity contribution < 1.29 is 4.39 Å². The van der Waals surface area contributed by atoms with Crippen molar-refractivity contribution in [1.82, 2.24) is 9.97 Å². The van der Waals surface area contributed by atoms with Crippen molar-refractivity contribution in [2.75, 3.05) is 5.32 Å². The minimum absolute atomic E-state index is 0.0853. The number of hydrogen-bond donors (Lipinski definition) is 1. The quantitative estimate of drug-likeness (QED) is 0.859. The average molecular weight is 315 g/mol. The first-order chi connectivity index (χ1) is 10.6. The summed E-state index contributed by atoms with van der Waals surface area (Å²) < 4.78 is 13.4. The molecule has 2 atom stereocenters. The van der Waals surface area contributed by atoms with E-state index >= 15 is 0 Å². The van der Waals surface area contributed by atoms with Gasteiger partial charge in [-0.2, -0.15) is 5.26 Å². The van der Waals surface area contributed by atoms with Crippen molar-refractivity contribution in [3.05, 3.63) is 51.5 Å². The zero-order valence-electron chi connectivity index (χ0n) is 11.7. The van der Waals surface area contributed by atoms with Gasteiger partial charge in [0.1, 0.15) is 11.9 Å². The second-order valence-electron chi connectivity index (χ2n) is 5.11. The standard InChI is InChI=1S/C16H12ClFN4/c1-9-5-14-10(3-2-4-20-14)7-13(9)21-16-11(8-19)6-12(18)15(17)22-16/h2-7,9,13H,1H3,(H,21,22). The highest BCUT2D eigenvalue weighted by Gasteiger charge is 2.19. The fourth-order valence-electron chi connectivity index (χ4n) is 2.40. The predicted octanol–water partition coefficient (Wildman–Crippen LogP) is 1.83. The van der Waals surface area contributed by atoms with Gasteiger partial charge in [0.15, 0.2) is 11.0 Å². The average Bonchev–Trinajstić information content (AvgIpc) is 2.51. The van der Waals surface area contributed by atoms with Crippen LogP contribution in [-0.2, 0) is 0 Å². The second-order valence-corrected chi connectivity index (χ2v) is 5.47. The Morgan fingerprint density at radius 1 is 1.41 bits per heavy atom. The maximum Gasteiger partial charge on any atom is 0.167 e. The third-order valence-corrected chi connectivity index (χ3v) is 3.84. The van der Waals surface area contributed by atoms with Crippen LogP contribution >= 0.6 is 11.6 Å². The van der Waals surface area contributed by atoms with Gasteiger partial charge in [-0.3, -0.25) is 4.98 Å². The third-order valence-electron chi connectivity index (χ3n) is 3.57. The summed E-state index contributed by atoms with van der Waals surface area (Å²) in [5, 5.41) is 14.0. The van der Waals surface area contributed by atoms with Crippen molar-refractivity contribution in [3.8, 4) is 6.07 Å². The van der Waals surface area contributed by atoms with Crippen LogP contribution in [-0.4, -0.2) is 16.0 Å². The molecule has 0 saturated heterocycles. The number of pyridine rings is 2. The number of aromatic nitrogens is 2. The summed E-state index contributed by atoms with van der Waals surface area (Å²) in [6, 6.07) is 6.76. The minimum atomic E-state index is -0.703. The fourth-order valence-corrected chi connectivity index (χ4v) is 2.54. The van der Waals surface area contributed by atoms with Gasteiger partial charge in [-0.05, 0) is 17.4 Å². The molecule has 4 nitrogen and oxygen atoms in total. The molecule has 0 radical (unpaired) electrons. The maximum absolute atomic E-state index is 13.4. The maximum atomic E-state index is 13.4. The molecule has 1 aliphatic rings. The molecule has 0 saturated carbocycles. The van der Waals surface area contributed by atoms with E-state index in [9.17, 15) is 4.39 Å². The molecule has 2 unspecified atom stereocenters. The number of nitriles is 1. The smallest absolute Gasteiger partial charge is 0.167 e. The highest BCUT2D eigenvalue weighted by molar-refractivity contribution is 6.29. The summed E-state index contributed by atoms with van der Waals surface area (Å²) >= 11 is 5.71. The lowest BCUT2D eigenvalue weighted by atomic mass is 9.95. The van der Waals surface area contributed by atoms with Gasteiger partial charge in [-0.1, -0.05) is 36.7 Å². The Morgan fingerprint density at radius 2 is 2.23 bits per heavy atom. The number of halogens is 2. The molecular formula is C16H12ClFN4. The Kier molecular flexibility index (Phi) is 3.78. The Bertz CT molecular complexity index is 888. The summed E-state index contributed by atoms with van der Waals surface area (Å²) in [5.41, 5.74) is 0.125. The van der Waals surface area contributed by atoms with E-state index in [2.05, 4.69) is 15.3 Å². The van der Waals surface area contributed by atoms with E-state index in [1.807, 2.05) is 37.3 Å². The number of nitrogens with one attached hydrogen (secondary N) is 1. The molecule has 6 heteroatoms. The first-order valence-electron chi connectivity index (χ1n) is 6.76. The van der Waals surface area contributed by atoms with Gasteiger partial charge in [-0.15, -0.1) is 0 Å². The van der Waals surface area contributed by atoms with Crippen LogP contribution in [0.3, 0.4) is 0 Å². The van der Waals surface area contributed by atoms with E-state index in [0.29, 0.717) is 0 Å². The summed E-state index contributed by atoms with van der Waals surface area (Å²) in [7, 11) is 0. The zero-order chi connectivity index (χ0) is 15.7. The van der Waals surface area contributed by atoms with Crippen LogP contribution in [0.2, 0.25) is 5.15 Å². The SMILES string of the molecule is CC1C=c2ncccc2=CC1Nc1nc(Cl)c(F)cc1C#N. The van der Waals surface area contributed by atoms with Crippen molar-refractivity contribution >= 4 is 29.6 Å². The number of nitrogens with zero attached hydrogens (tertiary/aromatic N) is 3. The van der Waals surface area contributed by atoms with E-state index in [-0.39, 0.29) is 28.5 Å². The van der Waals surface area contributed by atoms with Crippen LogP contribution in [0.15, 0.2) is 24.4 Å². The summed E-state index contributed by atoms with van der Waals surface area (Å²) in [6.45, 7) is 2.03. The molecule has 0 fully saturated rings. The van der Waals surface area contributed by atoms with Gasteiger partial charge in [0.05, 0.1) is 17.0 Å². The molecule has 2 aromatic heterocycles. The number of hydrogen-bond acceptors (Lipinski definition) is 4. The summed E-state index contributed by atoms with van der Waals surface area (Å²) in [5.74, 6) is -0.284. The second kappa shape index (κ2) is 5.74. The molecule has 1 N–H and O–H groups in total. The number of fused-ring (bicyclic) bond motifs is 1. The molecule has 0 amide bonds. The molecular weight excluding hydrogens is 303 g/mol. The van der Waals surface area contributed by atoms with Gasteiger partial charge >= 0.3 is 0 Å². The molecule has 0 bridgehead atoms. The van der Waals surface area contributed by atoms with E-state index in [0.717, 1.165) is 16.6 Å². The van der Waals surface area contributed by atoms with Crippen LogP contribution in [0.5, 0.6) is 0 Å².